The van der Waals surface area contributed by atoms with Crippen molar-refractivity contribution in [3.8, 4) is 0 Å². The van der Waals surface area contributed by atoms with Gasteiger partial charge in [-0.05, 0) is 0 Å². The van der Waals surface area contributed by atoms with E-state index in [1.54, 1.807) is 7.11 Å². The van der Waals surface area contributed by atoms with Gasteiger partial charge in [0.1, 0.15) is 6.04 Å². The molecule has 2 fully saturated rings. The Bertz CT molecular complexity index is 366. The summed E-state index contributed by atoms with van der Waals surface area (Å²) in [6, 6.07) is -0.224. The number of carbonyl (C=O) groups is 2. The predicted octanol–water partition coefficient (Wildman–Crippen LogP) is -2.12. The first-order valence-electron chi connectivity index (χ1n) is 7.78. The normalized spacial score (nSPS) is 23.3. The first-order chi connectivity index (χ1) is 10.7. The van der Waals surface area contributed by atoms with E-state index in [0.717, 1.165) is 19.6 Å². The molecule has 0 radical (unpaired) electrons. The standard InChI is InChI=1S/C14H26N4O4/c1-21-8-2-16-13(19)10-17-4-6-18(7-5-17)14(20)12-11-22-9-3-15-12/h12,15H,2-11H2,1H3,(H,16,19). The van der Waals surface area contributed by atoms with E-state index in [0.29, 0.717) is 46.0 Å². The number of amides is 2. The topological polar surface area (TPSA) is 83.1 Å². The van der Waals surface area contributed by atoms with Crippen LogP contribution in [0.15, 0.2) is 0 Å². The Morgan fingerprint density at radius 3 is 2.73 bits per heavy atom. The first kappa shape index (κ1) is 17.1. The minimum absolute atomic E-state index is 0.000765. The zero-order valence-electron chi connectivity index (χ0n) is 13.2. The van der Waals surface area contributed by atoms with Crippen molar-refractivity contribution in [3.63, 3.8) is 0 Å². The summed E-state index contributed by atoms with van der Waals surface area (Å²) in [6.07, 6.45) is 0. The maximum absolute atomic E-state index is 12.3. The Balaban J connectivity index is 1.66. The number of nitrogens with one attached hydrogen (secondary N) is 2. The molecule has 2 heterocycles. The average Bonchev–Trinajstić information content (AvgIpc) is 2.56. The predicted molar refractivity (Wildman–Crippen MR) is 80.5 cm³/mol. The monoisotopic (exact) mass is 314 g/mol. The molecule has 0 aromatic heterocycles. The molecule has 2 aliphatic heterocycles. The second-order valence-electron chi connectivity index (χ2n) is 5.53. The van der Waals surface area contributed by atoms with Crippen molar-refractivity contribution in [2.75, 3.05) is 72.7 Å². The van der Waals surface area contributed by atoms with Crippen molar-refractivity contribution in [2.24, 2.45) is 0 Å². The van der Waals surface area contributed by atoms with Crippen molar-refractivity contribution in [1.82, 2.24) is 20.4 Å². The van der Waals surface area contributed by atoms with Crippen molar-refractivity contribution in [1.29, 1.82) is 0 Å². The van der Waals surface area contributed by atoms with Gasteiger partial charge >= 0.3 is 0 Å². The van der Waals surface area contributed by atoms with Gasteiger partial charge in [0.25, 0.3) is 0 Å². The van der Waals surface area contributed by atoms with Gasteiger partial charge in [0.15, 0.2) is 0 Å². The third-order valence-corrected chi connectivity index (χ3v) is 3.90. The molecular formula is C14H26N4O4. The van der Waals surface area contributed by atoms with Gasteiger partial charge in [-0.2, -0.15) is 0 Å². The minimum atomic E-state index is -0.224. The highest BCUT2D eigenvalue weighted by atomic mass is 16.5. The number of nitrogens with zero attached hydrogens (tertiary/aromatic N) is 2. The van der Waals surface area contributed by atoms with Crippen LogP contribution in [-0.4, -0.2) is 100 Å². The number of piperazine rings is 1. The lowest BCUT2D eigenvalue weighted by molar-refractivity contribution is -0.138. The van der Waals surface area contributed by atoms with E-state index in [9.17, 15) is 9.59 Å². The quantitative estimate of drug-likeness (QED) is 0.546. The van der Waals surface area contributed by atoms with Crippen LogP contribution in [0.4, 0.5) is 0 Å². The fraction of sp³-hybridized carbons (Fsp3) is 0.857. The van der Waals surface area contributed by atoms with E-state index in [4.69, 9.17) is 9.47 Å². The van der Waals surface area contributed by atoms with Crippen LogP contribution >= 0.6 is 0 Å². The Morgan fingerprint density at radius 1 is 1.32 bits per heavy atom. The number of carbonyl (C=O) groups excluding carboxylic acids is 2. The molecule has 22 heavy (non-hydrogen) atoms. The van der Waals surface area contributed by atoms with Crippen LogP contribution in [0.3, 0.4) is 0 Å². The molecule has 2 aliphatic rings. The Hall–Kier alpha value is -1.22. The molecule has 0 aromatic rings. The van der Waals surface area contributed by atoms with E-state index < -0.39 is 0 Å². The van der Waals surface area contributed by atoms with Gasteiger partial charge in [0.05, 0.1) is 26.4 Å². The molecule has 2 rings (SSSR count). The molecule has 126 valence electrons. The average molecular weight is 314 g/mol. The molecule has 0 aromatic carbocycles. The second kappa shape index (κ2) is 9.04. The third-order valence-electron chi connectivity index (χ3n) is 3.90. The molecule has 2 saturated heterocycles. The highest BCUT2D eigenvalue weighted by Gasteiger charge is 2.29. The van der Waals surface area contributed by atoms with E-state index in [1.165, 1.54) is 0 Å². The van der Waals surface area contributed by atoms with Crippen LogP contribution < -0.4 is 10.6 Å². The summed E-state index contributed by atoms with van der Waals surface area (Å²) in [5.41, 5.74) is 0. The third kappa shape index (κ3) is 5.20. The molecule has 0 saturated carbocycles. The van der Waals surface area contributed by atoms with Crippen LogP contribution in [0.1, 0.15) is 0 Å². The molecule has 0 bridgehead atoms. The van der Waals surface area contributed by atoms with Gasteiger partial charge in [0, 0.05) is 46.4 Å². The molecule has 8 nitrogen and oxygen atoms in total. The van der Waals surface area contributed by atoms with Crippen molar-refractivity contribution in [2.45, 2.75) is 6.04 Å². The van der Waals surface area contributed by atoms with Crippen molar-refractivity contribution in [3.05, 3.63) is 0 Å². The zero-order chi connectivity index (χ0) is 15.8. The first-order valence-corrected chi connectivity index (χ1v) is 7.78. The van der Waals surface area contributed by atoms with Gasteiger partial charge in [-0.1, -0.05) is 0 Å². The smallest absolute Gasteiger partial charge is 0.242 e. The summed E-state index contributed by atoms with van der Waals surface area (Å²) >= 11 is 0. The summed E-state index contributed by atoms with van der Waals surface area (Å²) in [7, 11) is 1.61. The molecular weight excluding hydrogens is 288 g/mol. The summed E-state index contributed by atoms with van der Waals surface area (Å²) in [4.78, 5) is 28.0. The van der Waals surface area contributed by atoms with Crippen LogP contribution in [0, 0.1) is 0 Å². The number of ether oxygens (including phenoxy) is 2. The number of methoxy groups -OCH3 is 1. The number of rotatable bonds is 6. The fourth-order valence-corrected chi connectivity index (χ4v) is 2.62. The summed E-state index contributed by atoms with van der Waals surface area (Å²) in [5, 5.41) is 5.99. The van der Waals surface area contributed by atoms with Crippen LogP contribution in [0.5, 0.6) is 0 Å². The van der Waals surface area contributed by atoms with E-state index in [-0.39, 0.29) is 17.9 Å². The van der Waals surface area contributed by atoms with Crippen LogP contribution in [-0.2, 0) is 19.1 Å². The van der Waals surface area contributed by atoms with Crippen LogP contribution in [0.2, 0.25) is 0 Å². The minimum Gasteiger partial charge on any atom is -0.383 e. The molecule has 8 heteroatoms. The van der Waals surface area contributed by atoms with E-state index in [2.05, 4.69) is 15.5 Å². The summed E-state index contributed by atoms with van der Waals surface area (Å²) in [6.45, 7) is 6.00. The maximum atomic E-state index is 12.3. The molecule has 1 atom stereocenters. The lowest BCUT2D eigenvalue weighted by Crippen LogP contribution is -2.57. The maximum Gasteiger partial charge on any atom is 0.242 e. The molecule has 0 aliphatic carbocycles. The molecule has 2 amide bonds. The number of morpholine rings is 1. The van der Waals surface area contributed by atoms with Gasteiger partial charge < -0.3 is 25.0 Å². The van der Waals surface area contributed by atoms with Gasteiger partial charge in [-0.15, -0.1) is 0 Å². The van der Waals surface area contributed by atoms with Gasteiger partial charge in [-0.3, -0.25) is 14.5 Å². The Kier molecular flexibility index (Phi) is 7.04. The van der Waals surface area contributed by atoms with Crippen molar-refractivity contribution < 1.29 is 19.1 Å². The van der Waals surface area contributed by atoms with E-state index >= 15 is 0 Å². The lowest BCUT2D eigenvalue weighted by Gasteiger charge is -2.36. The van der Waals surface area contributed by atoms with Gasteiger partial charge in [-0.25, -0.2) is 0 Å². The number of hydrogen-bond acceptors (Lipinski definition) is 6. The molecule has 0 spiro atoms. The SMILES string of the molecule is COCCNC(=O)CN1CCN(C(=O)C2COCCN2)CC1. The van der Waals surface area contributed by atoms with E-state index in [1.807, 2.05) is 4.90 Å². The summed E-state index contributed by atoms with van der Waals surface area (Å²) in [5.74, 6) is 0.100. The molecule has 2 N–H and O–H groups in total. The highest BCUT2D eigenvalue weighted by molar-refractivity contribution is 5.82. The van der Waals surface area contributed by atoms with Crippen LogP contribution in [0.25, 0.3) is 0 Å². The lowest BCUT2D eigenvalue weighted by atomic mass is 10.2. The fourth-order valence-electron chi connectivity index (χ4n) is 2.62. The van der Waals surface area contributed by atoms with Crippen molar-refractivity contribution >= 4 is 11.8 Å². The highest BCUT2D eigenvalue weighted by Crippen LogP contribution is 2.06. The second-order valence-corrected chi connectivity index (χ2v) is 5.53. The Labute approximate surface area is 131 Å². The zero-order valence-corrected chi connectivity index (χ0v) is 13.2. The summed E-state index contributed by atoms with van der Waals surface area (Å²) < 4.78 is 10.2. The largest absolute Gasteiger partial charge is 0.383 e. The molecule has 1 unspecified atom stereocenters. The number of hydrogen-bond donors (Lipinski definition) is 2. The Morgan fingerprint density at radius 2 is 2.09 bits per heavy atom. The van der Waals surface area contributed by atoms with Gasteiger partial charge in [0.2, 0.25) is 11.8 Å².